The van der Waals surface area contributed by atoms with Crippen molar-refractivity contribution in [3.05, 3.63) is 450 Å². The van der Waals surface area contributed by atoms with Gasteiger partial charge in [-0.15, -0.1) is 11.3 Å². The smallest absolute Gasteiger partial charge is 0.223 e. The number of nitrogens with zero attached hydrogens (tertiary/aromatic N) is 13. The number of pyridine rings is 1. The van der Waals surface area contributed by atoms with E-state index < -0.39 is 0 Å². The van der Waals surface area contributed by atoms with Crippen LogP contribution in [0.25, 0.3) is 208 Å². The lowest BCUT2D eigenvalue weighted by Crippen LogP contribution is -1.93. The summed E-state index contributed by atoms with van der Waals surface area (Å²) in [6.45, 7) is 0. The van der Waals surface area contributed by atoms with Crippen molar-refractivity contribution in [3.8, 4) is 78.7 Å². The minimum Gasteiger partial charge on any atom is -0.452 e. The molecule has 0 fully saturated rings. The SMILES string of the molecule is Clc1ccc2ccn(-c3ccccc3)c2n1.Clc1cnc2ccn(-c3ccccc3)c2n1.Clc1nc(-c2ccc(-c3ccccc3)cc2)c2c(ccc3ccccc32)n1.Clc1nc(-c2ccc3ccccc3c2)c2ccc3ccccc3c2n1.Clc1nc(-c2cccc(-c3ccccc3)c2)c2sc3ccccc3c2n1.Clc1nc(-c2cccc3ccccc23)c2oc3ccccc3c2n1. The summed E-state index contributed by atoms with van der Waals surface area (Å²) in [5.41, 5.74) is 21.7. The Labute approximate surface area is 801 Å². The number of halogens is 6. The van der Waals surface area contributed by atoms with Gasteiger partial charge in [-0.3, -0.25) is 4.57 Å². The number of thiophene rings is 1. The molecular formula is C113H69Cl6N13OS. The average molecular weight is 1870 g/mol. The van der Waals surface area contributed by atoms with E-state index in [2.05, 4.69) is 231 Å². The van der Waals surface area contributed by atoms with Crippen molar-refractivity contribution in [1.82, 2.24) is 64.0 Å². The first-order chi connectivity index (χ1) is 65.9. The second-order valence-corrected chi connectivity index (χ2v) is 34.4. The van der Waals surface area contributed by atoms with Crippen LogP contribution in [0, 0.1) is 0 Å². The largest absolute Gasteiger partial charge is 0.452 e. The van der Waals surface area contributed by atoms with Crippen LogP contribution in [0.4, 0.5) is 0 Å². The van der Waals surface area contributed by atoms with E-state index in [4.69, 9.17) is 74.0 Å². The zero-order valence-corrected chi connectivity index (χ0v) is 76.1. The number of benzene rings is 16. The lowest BCUT2D eigenvalue weighted by atomic mass is 9.98. The highest BCUT2D eigenvalue weighted by atomic mass is 35.5. The van der Waals surface area contributed by atoms with E-state index >= 15 is 0 Å². The van der Waals surface area contributed by atoms with Gasteiger partial charge < -0.3 is 8.98 Å². The van der Waals surface area contributed by atoms with Gasteiger partial charge >= 0.3 is 0 Å². The fraction of sp³-hybridized carbons (Fsp3) is 0. The Bertz CT molecular complexity index is 8760. The number of furan rings is 1. The molecule has 0 atom stereocenters. The van der Waals surface area contributed by atoms with Crippen LogP contribution in [0.15, 0.2) is 423 Å². The summed E-state index contributed by atoms with van der Waals surface area (Å²) in [6, 6.07) is 135. The molecular weight excluding hydrogens is 1800 g/mol. The fourth-order valence-electron chi connectivity index (χ4n) is 16.8. The molecule has 0 aliphatic rings. The molecule has 10 heterocycles. The van der Waals surface area contributed by atoms with Crippen molar-refractivity contribution in [2.24, 2.45) is 0 Å². The zero-order valence-electron chi connectivity index (χ0n) is 70.7. The minimum atomic E-state index is 0.219. The maximum Gasteiger partial charge on any atom is 0.223 e. The highest BCUT2D eigenvalue weighted by molar-refractivity contribution is 7.26. The molecule has 21 heteroatoms. The van der Waals surface area contributed by atoms with Gasteiger partial charge in [0.2, 0.25) is 21.1 Å². The Balaban J connectivity index is 0.0000000975. The molecule has 0 spiro atoms. The van der Waals surface area contributed by atoms with Gasteiger partial charge in [0.15, 0.2) is 11.2 Å². The molecule has 0 unspecified atom stereocenters. The van der Waals surface area contributed by atoms with Crippen LogP contribution in [0.2, 0.25) is 31.4 Å². The molecule has 0 N–H and O–H groups in total. The van der Waals surface area contributed by atoms with Crippen LogP contribution >= 0.6 is 80.9 Å². The van der Waals surface area contributed by atoms with Crippen LogP contribution in [-0.2, 0) is 0 Å². The summed E-state index contributed by atoms with van der Waals surface area (Å²) in [5, 5.41) is 16.3. The standard InChI is InChI=1S/C24H15ClN2.C22H13ClN2S.C22H13ClN2.C20H11ClN2O.C13H9ClN2.C12H8ClN3/c25-24-26-21-15-14-18-8-4-5-9-20(18)22(21)23(27-24)19-12-10-17(11-13-19)16-6-2-1-3-7-16;23-22-24-19(21-20(25-22)17-11-4-5-12-18(17)26-21)16-10-6-9-15(13-16)14-7-2-1-3-8-14;23-22-24-20(17-10-9-14-5-1-2-7-16(14)13-17)19-12-11-15-6-3-4-8-18(15)21(19)25-22;21-20-22-17(14-10-5-7-12-6-1-2-8-13(12)14)19-18(23-20)15-9-3-4-11-16(15)24-19;14-12-7-6-10-8-9-16(13(10)15-12)11-4-2-1-3-5-11;13-11-8-14-10-6-7-16(12(10)15-11)9-4-2-1-3-5-9/h1-15H;1-13H;1-13H;1-11H;1-9H;1-8H. The molecule has 14 nitrogen and oxygen atoms in total. The van der Waals surface area contributed by atoms with Crippen molar-refractivity contribution in [2.75, 3.05) is 0 Å². The lowest BCUT2D eigenvalue weighted by molar-refractivity contribution is 0.667. The van der Waals surface area contributed by atoms with Crippen molar-refractivity contribution >= 4 is 210 Å². The van der Waals surface area contributed by atoms with E-state index in [1.807, 2.05) is 240 Å². The first-order valence-corrected chi connectivity index (χ1v) is 45.9. The zero-order chi connectivity index (χ0) is 90.5. The van der Waals surface area contributed by atoms with Gasteiger partial charge in [-0.05, 0) is 197 Å². The summed E-state index contributed by atoms with van der Waals surface area (Å²) in [4.78, 5) is 48.8. The fourth-order valence-corrected chi connectivity index (χ4v) is 18.9. The molecule has 0 radical (unpaired) electrons. The number of aromatic nitrogens is 13. The van der Waals surface area contributed by atoms with Crippen LogP contribution in [-0.4, -0.2) is 64.0 Å². The first-order valence-electron chi connectivity index (χ1n) is 42.8. The first kappa shape index (κ1) is 85.3. The molecule has 0 bridgehead atoms. The number of fused-ring (bicyclic) bond motifs is 16. The second kappa shape index (κ2) is 38.1. The van der Waals surface area contributed by atoms with E-state index in [1.54, 1.807) is 23.6 Å². The van der Waals surface area contributed by atoms with Crippen molar-refractivity contribution in [2.45, 2.75) is 0 Å². The Kier molecular flexibility index (Phi) is 24.3. The summed E-state index contributed by atoms with van der Waals surface area (Å²) < 4.78 is 12.3. The van der Waals surface area contributed by atoms with Gasteiger partial charge in [0.25, 0.3) is 0 Å². The Morgan fingerprint density at radius 1 is 0.254 bits per heavy atom. The van der Waals surface area contributed by atoms with E-state index in [-0.39, 0.29) is 21.1 Å². The predicted molar refractivity (Wildman–Crippen MR) is 556 cm³/mol. The van der Waals surface area contributed by atoms with Crippen LogP contribution in [0.5, 0.6) is 0 Å². The summed E-state index contributed by atoms with van der Waals surface area (Å²) in [5.74, 6) is 0. The topological polar surface area (TPSA) is 165 Å². The van der Waals surface area contributed by atoms with Crippen molar-refractivity contribution in [1.29, 1.82) is 0 Å². The van der Waals surface area contributed by atoms with Gasteiger partial charge in [0.1, 0.15) is 38.3 Å². The highest BCUT2D eigenvalue weighted by Crippen LogP contribution is 2.43. The molecule has 0 aliphatic heterocycles. The van der Waals surface area contributed by atoms with Gasteiger partial charge in [-0.25, -0.2) is 54.8 Å². The van der Waals surface area contributed by atoms with E-state index in [9.17, 15) is 0 Å². The monoisotopic (exact) mass is 1870 g/mol. The number of rotatable bonds is 8. The predicted octanol–water partition coefficient (Wildman–Crippen LogP) is 32.5. The number of hydrogen-bond acceptors (Lipinski definition) is 13. The Morgan fingerprint density at radius 3 is 1.46 bits per heavy atom. The Hall–Kier alpha value is -15.5. The third-order valence-electron chi connectivity index (χ3n) is 23.0. The van der Waals surface area contributed by atoms with Gasteiger partial charge in [-0.2, -0.15) is 0 Å². The molecule has 134 heavy (non-hydrogen) atoms. The summed E-state index contributed by atoms with van der Waals surface area (Å²) in [7, 11) is 0. The highest BCUT2D eigenvalue weighted by Gasteiger charge is 2.22. The average Bonchev–Trinajstić information content (AvgIpc) is 1.59. The van der Waals surface area contributed by atoms with Crippen LogP contribution in [0.1, 0.15) is 0 Å². The molecule has 10 aromatic heterocycles. The lowest BCUT2D eigenvalue weighted by Gasteiger charge is -2.10. The Morgan fingerprint density at radius 2 is 0.731 bits per heavy atom. The van der Waals surface area contributed by atoms with Gasteiger partial charge in [0, 0.05) is 83.0 Å². The van der Waals surface area contributed by atoms with E-state index in [0.29, 0.717) is 15.9 Å². The van der Waals surface area contributed by atoms with Crippen molar-refractivity contribution in [3.63, 3.8) is 0 Å². The summed E-state index contributed by atoms with van der Waals surface area (Å²) in [6.07, 6.45) is 5.50. The minimum absolute atomic E-state index is 0.219. The van der Waals surface area contributed by atoms with E-state index in [1.165, 1.54) is 32.2 Å². The summed E-state index contributed by atoms with van der Waals surface area (Å²) >= 11 is 38.5. The molecule has 0 saturated carbocycles. The molecule has 26 aromatic rings. The quantitative estimate of drug-likeness (QED) is 0.0804. The molecule has 0 amide bonds. The van der Waals surface area contributed by atoms with Crippen LogP contribution < -0.4 is 0 Å². The van der Waals surface area contributed by atoms with Gasteiger partial charge in [-0.1, -0.05) is 333 Å². The van der Waals surface area contributed by atoms with Crippen LogP contribution in [0.3, 0.4) is 0 Å². The molecule has 26 rings (SSSR count). The third-order valence-corrected chi connectivity index (χ3v) is 25.3. The number of hydrogen-bond donors (Lipinski definition) is 0. The second-order valence-electron chi connectivity index (χ2n) is 31.3. The van der Waals surface area contributed by atoms with Crippen molar-refractivity contribution < 1.29 is 4.42 Å². The molecule has 0 aliphatic carbocycles. The third kappa shape index (κ3) is 17.8. The molecule has 640 valence electrons. The molecule has 0 saturated heterocycles. The maximum atomic E-state index is 6.27. The number of para-hydroxylation sites is 3. The van der Waals surface area contributed by atoms with E-state index in [0.717, 1.165) is 170 Å². The van der Waals surface area contributed by atoms with Gasteiger partial charge in [0.05, 0.1) is 44.5 Å². The maximum absolute atomic E-state index is 6.27. The molecule has 16 aromatic carbocycles. The normalized spacial score (nSPS) is 11.2.